The molecule has 4 aromatic carbocycles. The third-order valence-corrected chi connectivity index (χ3v) is 7.85. The van der Waals surface area contributed by atoms with Gasteiger partial charge < -0.3 is 16.0 Å². The minimum atomic E-state index is -0.464. The van der Waals surface area contributed by atoms with Gasteiger partial charge in [-0.2, -0.15) is 0 Å². The number of halogens is 1. The van der Waals surface area contributed by atoms with E-state index >= 15 is 0 Å². The van der Waals surface area contributed by atoms with E-state index in [9.17, 15) is 14.4 Å². The van der Waals surface area contributed by atoms with Gasteiger partial charge in [-0.25, -0.2) is 0 Å². The lowest BCUT2D eigenvalue weighted by Crippen LogP contribution is -2.30. The fourth-order valence-electron chi connectivity index (χ4n) is 3.77. The molecule has 0 spiro atoms. The maximum atomic E-state index is 13.3. The van der Waals surface area contributed by atoms with E-state index in [0.29, 0.717) is 23.4 Å². The van der Waals surface area contributed by atoms with E-state index in [4.69, 9.17) is 0 Å². The van der Waals surface area contributed by atoms with E-state index in [1.165, 1.54) is 11.8 Å². The lowest BCUT2D eigenvalue weighted by atomic mass is 10.1. The number of hydrogen-bond donors (Lipinski definition) is 3. The number of benzene rings is 4. The van der Waals surface area contributed by atoms with Gasteiger partial charge in [0.1, 0.15) is 5.70 Å². The second-order valence-electron chi connectivity index (χ2n) is 8.75. The third-order valence-electron chi connectivity index (χ3n) is 5.80. The van der Waals surface area contributed by atoms with Crippen molar-refractivity contribution < 1.29 is 14.4 Å². The molecule has 1 atom stereocenters. The van der Waals surface area contributed by atoms with Crippen molar-refractivity contribution in [3.8, 4) is 0 Å². The molecule has 0 heterocycles. The number of carbonyl (C=O) groups is 3. The topological polar surface area (TPSA) is 87.3 Å². The van der Waals surface area contributed by atoms with E-state index in [-0.39, 0.29) is 22.8 Å². The molecule has 0 radical (unpaired) electrons. The van der Waals surface area contributed by atoms with Gasteiger partial charge in [-0.1, -0.05) is 73.7 Å². The number of para-hydroxylation sites is 1. The predicted octanol–water partition coefficient (Wildman–Crippen LogP) is 7.37. The highest BCUT2D eigenvalue weighted by Gasteiger charge is 2.20. The Morgan fingerprint density at radius 1 is 0.825 bits per heavy atom. The highest BCUT2D eigenvalue weighted by molar-refractivity contribution is 9.10. The van der Waals surface area contributed by atoms with Crippen molar-refractivity contribution in [3.63, 3.8) is 0 Å². The number of anilines is 2. The van der Waals surface area contributed by atoms with E-state index in [0.717, 1.165) is 14.9 Å². The summed E-state index contributed by atoms with van der Waals surface area (Å²) in [5.74, 6) is -0.955. The second kappa shape index (κ2) is 14.3. The molecule has 4 aromatic rings. The van der Waals surface area contributed by atoms with Gasteiger partial charge in [-0.05, 0) is 76.5 Å². The van der Waals surface area contributed by atoms with Crippen LogP contribution in [-0.2, 0) is 9.59 Å². The van der Waals surface area contributed by atoms with E-state index in [1.807, 2.05) is 85.8 Å². The summed E-state index contributed by atoms with van der Waals surface area (Å²) in [7, 11) is 0. The largest absolute Gasteiger partial charge is 0.324 e. The molecular weight excluding hydrogens is 586 g/mol. The Labute approximate surface area is 246 Å². The number of rotatable bonds is 10. The molecule has 40 heavy (non-hydrogen) atoms. The Morgan fingerprint density at radius 3 is 2.20 bits per heavy atom. The standard InChI is InChI=1S/C32H28BrN3O3S/c1-2-29(32(39)35-27-19-10-9-18-26(27)33)40-25-17-11-16-24(21-25)34-31(38)28(20-22-12-5-3-6-13-22)36-30(37)23-14-7-4-8-15-23/h3-21,29H,2H2,1H3,(H,34,38)(H,35,39)(H,36,37)/b28-20-. The van der Waals surface area contributed by atoms with Crippen molar-refractivity contribution in [1.82, 2.24) is 5.32 Å². The Balaban J connectivity index is 1.49. The summed E-state index contributed by atoms with van der Waals surface area (Å²) in [4.78, 5) is 40.0. The molecule has 202 valence electrons. The molecule has 6 nitrogen and oxygen atoms in total. The van der Waals surface area contributed by atoms with Crippen LogP contribution in [0.5, 0.6) is 0 Å². The van der Waals surface area contributed by atoms with Crippen molar-refractivity contribution in [2.45, 2.75) is 23.5 Å². The number of amides is 3. The molecule has 0 saturated heterocycles. The van der Waals surface area contributed by atoms with E-state index < -0.39 is 5.91 Å². The number of thioether (sulfide) groups is 1. The van der Waals surface area contributed by atoms with Crippen molar-refractivity contribution in [2.24, 2.45) is 0 Å². The lowest BCUT2D eigenvalue weighted by molar-refractivity contribution is -0.116. The molecule has 1 unspecified atom stereocenters. The van der Waals surface area contributed by atoms with Crippen LogP contribution in [-0.4, -0.2) is 23.0 Å². The monoisotopic (exact) mass is 613 g/mol. The summed E-state index contributed by atoms with van der Waals surface area (Å²) in [6.07, 6.45) is 2.25. The van der Waals surface area contributed by atoms with E-state index in [2.05, 4.69) is 31.9 Å². The molecule has 3 amide bonds. The van der Waals surface area contributed by atoms with Gasteiger partial charge in [0, 0.05) is 20.6 Å². The smallest absolute Gasteiger partial charge is 0.272 e. The second-order valence-corrected chi connectivity index (χ2v) is 10.9. The Kier molecular flexibility index (Phi) is 10.3. The van der Waals surface area contributed by atoms with Crippen LogP contribution in [0.1, 0.15) is 29.3 Å². The van der Waals surface area contributed by atoms with Crippen LogP contribution in [0, 0.1) is 0 Å². The first-order valence-electron chi connectivity index (χ1n) is 12.7. The van der Waals surface area contributed by atoms with Crippen molar-refractivity contribution in [1.29, 1.82) is 0 Å². The molecule has 0 aromatic heterocycles. The predicted molar refractivity (Wildman–Crippen MR) is 166 cm³/mol. The fraction of sp³-hybridized carbons (Fsp3) is 0.0938. The summed E-state index contributed by atoms with van der Waals surface area (Å²) >= 11 is 4.88. The first-order valence-corrected chi connectivity index (χ1v) is 14.4. The van der Waals surface area contributed by atoms with Crippen LogP contribution < -0.4 is 16.0 Å². The van der Waals surface area contributed by atoms with Crippen molar-refractivity contribution >= 4 is 62.9 Å². The maximum Gasteiger partial charge on any atom is 0.272 e. The van der Waals surface area contributed by atoms with Gasteiger partial charge in [0.15, 0.2) is 0 Å². The maximum absolute atomic E-state index is 13.3. The normalized spacial score (nSPS) is 11.8. The minimum Gasteiger partial charge on any atom is -0.324 e. The van der Waals surface area contributed by atoms with Gasteiger partial charge in [-0.3, -0.25) is 14.4 Å². The SMILES string of the molecule is CCC(Sc1cccc(NC(=O)/C(=C/c2ccccc2)NC(=O)c2ccccc2)c1)C(=O)Nc1ccccc1Br. The van der Waals surface area contributed by atoms with Gasteiger partial charge in [0.05, 0.1) is 10.9 Å². The zero-order chi connectivity index (χ0) is 28.3. The molecule has 0 aliphatic carbocycles. The van der Waals surface area contributed by atoms with Crippen LogP contribution >= 0.6 is 27.7 Å². The summed E-state index contributed by atoms with van der Waals surface area (Å²) in [5, 5.41) is 8.27. The van der Waals surface area contributed by atoms with Gasteiger partial charge in [-0.15, -0.1) is 11.8 Å². The molecule has 0 saturated carbocycles. The Morgan fingerprint density at radius 2 is 1.50 bits per heavy atom. The zero-order valence-electron chi connectivity index (χ0n) is 21.8. The summed E-state index contributed by atoms with van der Waals surface area (Å²) < 4.78 is 0.812. The van der Waals surface area contributed by atoms with Gasteiger partial charge in [0.2, 0.25) is 5.91 Å². The first-order chi connectivity index (χ1) is 19.4. The molecule has 8 heteroatoms. The summed E-state index contributed by atoms with van der Waals surface area (Å²) in [5.41, 5.74) is 2.58. The molecule has 0 bridgehead atoms. The number of nitrogens with one attached hydrogen (secondary N) is 3. The van der Waals surface area contributed by atoms with Crippen LogP contribution in [0.3, 0.4) is 0 Å². The van der Waals surface area contributed by atoms with Crippen LogP contribution in [0.4, 0.5) is 11.4 Å². The number of hydrogen-bond acceptors (Lipinski definition) is 4. The highest BCUT2D eigenvalue weighted by atomic mass is 79.9. The van der Waals surface area contributed by atoms with Crippen LogP contribution in [0.15, 0.2) is 124 Å². The van der Waals surface area contributed by atoms with Crippen LogP contribution in [0.25, 0.3) is 6.08 Å². The Hall–Kier alpha value is -4.14. The minimum absolute atomic E-state index is 0.106. The quantitative estimate of drug-likeness (QED) is 0.129. The van der Waals surface area contributed by atoms with Gasteiger partial charge >= 0.3 is 0 Å². The average Bonchev–Trinajstić information content (AvgIpc) is 2.98. The van der Waals surface area contributed by atoms with E-state index in [1.54, 1.807) is 36.4 Å². The average molecular weight is 615 g/mol. The molecule has 3 N–H and O–H groups in total. The molecule has 4 rings (SSSR count). The Bertz CT molecular complexity index is 1510. The first kappa shape index (κ1) is 28.9. The molecule has 0 fully saturated rings. The zero-order valence-corrected chi connectivity index (χ0v) is 24.2. The van der Waals surface area contributed by atoms with Crippen molar-refractivity contribution in [2.75, 3.05) is 10.6 Å². The highest BCUT2D eigenvalue weighted by Crippen LogP contribution is 2.30. The van der Waals surface area contributed by atoms with Crippen molar-refractivity contribution in [3.05, 3.63) is 130 Å². The fourth-order valence-corrected chi connectivity index (χ4v) is 5.16. The molecule has 0 aliphatic heterocycles. The van der Waals surface area contributed by atoms with Gasteiger partial charge in [0.25, 0.3) is 11.8 Å². The third kappa shape index (κ3) is 8.18. The summed E-state index contributed by atoms with van der Waals surface area (Å²) in [6, 6.07) is 32.8. The lowest BCUT2D eigenvalue weighted by Gasteiger charge is -2.16. The molecule has 0 aliphatic rings. The van der Waals surface area contributed by atoms with Crippen LogP contribution in [0.2, 0.25) is 0 Å². The summed E-state index contributed by atoms with van der Waals surface area (Å²) in [6.45, 7) is 1.96. The number of carbonyl (C=O) groups excluding carboxylic acids is 3. The molecular formula is C32H28BrN3O3S.